The Labute approximate surface area is 147 Å². The Kier molecular flexibility index (Phi) is 6.15. The van der Waals surface area contributed by atoms with Gasteiger partial charge in [-0.25, -0.2) is 0 Å². The fourth-order valence-electron chi connectivity index (χ4n) is 2.66. The first-order valence-electron chi connectivity index (χ1n) is 7.99. The Bertz CT molecular complexity index is 614. The monoisotopic (exact) mass is 364 g/mol. The summed E-state index contributed by atoms with van der Waals surface area (Å²) in [5.41, 5.74) is 0. The summed E-state index contributed by atoms with van der Waals surface area (Å²) in [6, 6.07) is 19.0. The normalized spacial score (nSPS) is 29.7. The van der Waals surface area contributed by atoms with E-state index in [2.05, 4.69) is 0 Å². The van der Waals surface area contributed by atoms with Crippen molar-refractivity contribution in [3.05, 3.63) is 60.7 Å². The van der Waals surface area contributed by atoms with Crippen LogP contribution in [-0.4, -0.2) is 57.7 Å². The van der Waals surface area contributed by atoms with E-state index in [0.29, 0.717) is 0 Å². The minimum Gasteiger partial charge on any atom is -0.394 e. The molecule has 0 aromatic heterocycles. The molecule has 0 spiro atoms. The van der Waals surface area contributed by atoms with Crippen LogP contribution in [0.2, 0.25) is 0 Å². The standard InChI is InChI=1S/C18H21O6P/c19-11-14-15(20)16(21)17(22)18(23-14)24-25(12-7-3-1-4-8-12)13-9-5-2-6-10-13/h1-10,14-22H,11H2/t14-,15-,16+,17-,18-/m1/s1. The van der Waals surface area contributed by atoms with Gasteiger partial charge in [0.1, 0.15) is 24.4 Å². The van der Waals surface area contributed by atoms with E-state index >= 15 is 0 Å². The first-order chi connectivity index (χ1) is 12.1. The van der Waals surface area contributed by atoms with E-state index in [4.69, 9.17) is 9.26 Å². The molecule has 4 N–H and O–H groups in total. The van der Waals surface area contributed by atoms with Crippen LogP contribution in [0.1, 0.15) is 0 Å². The van der Waals surface area contributed by atoms with Crippen molar-refractivity contribution in [2.45, 2.75) is 30.7 Å². The Hall–Kier alpha value is -1.37. The van der Waals surface area contributed by atoms with Crippen molar-refractivity contribution in [1.82, 2.24) is 0 Å². The molecule has 0 saturated carbocycles. The molecule has 3 rings (SSSR count). The second-order valence-electron chi connectivity index (χ2n) is 5.77. The summed E-state index contributed by atoms with van der Waals surface area (Å²) in [4.78, 5) is 0. The van der Waals surface area contributed by atoms with Gasteiger partial charge in [-0.3, -0.25) is 0 Å². The summed E-state index contributed by atoms with van der Waals surface area (Å²) in [5.74, 6) is 0. The van der Waals surface area contributed by atoms with Gasteiger partial charge in [0.05, 0.1) is 14.8 Å². The van der Waals surface area contributed by atoms with Crippen molar-refractivity contribution in [2.24, 2.45) is 0 Å². The highest BCUT2D eigenvalue weighted by atomic mass is 31.1. The molecule has 0 amide bonds. The van der Waals surface area contributed by atoms with Gasteiger partial charge in [0.2, 0.25) is 0 Å². The van der Waals surface area contributed by atoms with Crippen LogP contribution in [-0.2, 0) is 9.26 Å². The van der Waals surface area contributed by atoms with E-state index in [-0.39, 0.29) is 0 Å². The molecule has 1 heterocycles. The third kappa shape index (κ3) is 4.07. The van der Waals surface area contributed by atoms with Gasteiger partial charge in [0.15, 0.2) is 6.29 Å². The van der Waals surface area contributed by atoms with Crippen LogP contribution in [0.3, 0.4) is 0 Å². The zero-order valence-electron chi connectivity index (χ0n) is 13.4. The van der Waals surface area contributed by atoms with Crippen molar-refractivity contribution >= 4 is 18.8 Å². The van der Waals surface area contributed by atoms with Gasteiger partial charge in [0, 0.05) is 10.6 Å². The van der Waals surface area contributed by atoms with Gasteiger partial charge in [-0.2, -0.15) is 0 Å². The maximum Gasteiger partial charge on any atom is 0.191 e. The van der Waals surface area contributed by atoms with Gasteiger partial charge in [-0.05, 0) is 0 Å². The fraction of sp³-hybridized carbons (Fsp3) is 0.333. The number of benzene rings is 2. The Morgan fingerprint density at radius 3 is 1.80 bits per heavy atom. The minimum atomic E-state index is -1.46. The lowest BCUT2D eigenvalue weighted by Crippen LogP contribution is -2.59. The quantitative estimate of drug-likeness (QED) is 0.551. The maximum atomic E-state index is 10.2. The molecule has 7 heteroatoms. The minimum absolute atomic E-state index is 0.487. The largest absolute Gasteiger partial charge is 0.394 e. The molecule has 1 saturated heterocycles. The van der Waals surface area contributed by atoms with Gasteiger partial charge >= 0.3 is 0 Å². The average Bonchev–Trinajstić information content (AvgIpc) is 2.67. The van der Waals surface area contributed by atoms with Crippen molar-refractivity contribution in [1.29, 1.82) is 0 Å². The lowest BCUT2D eigenvalue weighted by Gasteiger charge is -2.40. The Morgan fingerprint density at radius 2 is 1.32 bits per heavy atom. The number of hydrogen-bond donors (Lipinski definition) is 4. The van der Waals surface area contributed by atoms with Crippen LogP contribution in [0.4, 0.5) is 0 Å². The van der Waals surface area contributed by atoms with Crippen LogP contribution in [0.15, 0.2) is 60.7 Å². The molecular weight excluding hydrogens is 343 g/mol. The van der Waals surface area contributed by atoms with Crippen LogP contribution < -0.4 is 10.6 Å². The summed E-state index contributed by atoms with van der Waals surface area (Å²) < 4.78 is 11.5. The number of aliphatic hydroxyl groups is 4. The van der Waals surface area contributed by atoms with E-state index < -0.39 is 45.5 Å². The van der Waals surface area contributed by atoms with Gasteiger partial charge in [-0.1, -0.05) is 60.7 Å². The molecule has 2 aromatic rings. The predicted octanol–water partition coefficient (Wildman–Crippen LogP) is -0.149. The molecule has 6 nitrogen and oxygen atoms in total. The third-order valence-electron chi connectivity index (χ3n) is 4.04. The molecule has 1 aliphatic rings. The van der Waals surface area contributed by atoms with E-state index in [1.54, 1.807) is 0 Å². The smallest absolute Gasteiger partial charge is 0.191 e. The molecule has 1 fully saturated rings. The molecule has 25 heavy (non-hydrogen) atoms. The highest BCUT2D eigenvalue weighted by molar-refractivity contribution is 7.68. The third-order valence-corrected chi connectivity index (χ3v) is 5.99. The van der Waals surface area contributed by atoms with Gasteiger partial charge in [0.25, 0.3) is 0 Å². The molecular formula is C18H21O6P. The van der Waals surface area contributed by atoms with Crippen LogP contribution in [0.25, 0.3) is 0 Å². The fourth-order valence-corrected chi connectivity index (χ4v) is 4.47. The van der Waals surface area contributed by atoms with E-state index in [0.717, 1.165) is 10.6 Å². The van der Waals surface area contributed by atoms with Crippen LogP contribution in [0, 0.1) is 0 Å². The van der Waals surface area contributed by atoms with E-state index in [1.807, 2.05) is 60.7 Å². The lowest BCUT2D eigenvalue weighted by atomic mass is 10.00. The molecule has 0 bridgehead atoms. The number of ether oxygens (including phenoxy) is 1. The van der Waals surface area contributed by atoms with E-state index in [1.165, 1.54) is 0 Å². The van der Waals surface area contributed by atoms with Crippen molar-refractivity contribution in [3.63, 3.8) is 0 Å². The summed E-state index contributed by atoms with van der Waals surface area (Å²) in [6.07, 6.45) is -6.44. The highest BCUT2D eigenvalue weighted by Gasteiger charge is 2.45. The summed E-state index contributed by atoms with van der Waals surface area (Å²) in [7, 11) is -1.32. The number of rotatable bonds is 5. The average molecular weight is 364 g/mol. The van der Waals surface area contributed by atoms with Gasteiger partial charge < -0.3 is 29.7 Å². The molecule has 134 valence electrons. The first kappa shape index (κ1) is 18.4. The SMILES string of the molecule is OC[C@H]1O[C@H](OP(c2ccccc2)c2ccccc2)[C@H](O)[C@@H](O)[C@@H]1O. The Balaban J connectivity index is 1.87. The van der Waals surface area contributed by atoms with Crippen LogP contribution in [0.5, 0.6) is 0 Å². The molecule has 0 radical (unpaired) electrons. The van der Waals surface area contributed by atoms with Crippen molar-refractivity contribution in [3.8, 4) is 0 Å². The molecule has 2 aromatic carbocycles. The zero-order valence-corrected chi connectivity index (χ0v) is 14.3. The van der Waals surface area contributed by atoms with Crippen molar-refractivity contribution in [2.75, 3.05) is 6.61 Å². The van der Waals surface area contributed by atoms with Crippen LogP contribution >= 0.6 is 8.15 Å². The topological polar surface area (TPSA) is 99.4 Å². The second kappa shape index (κ2) is 8.34. The predicted molar refractivity (Wildman–Crippen MR) is 93.9 cm³/mol. The van der Waals surface area contributed by atoms with Gasteiger partial charge in [-0.15, -0.1) is 0 Å². The summed E-state index contributed by atoms with van der Waals surface area (Å²) in [6.45, 7) is -0.487. The number of hydrogen-bond acceptors (Lipinski definition) is 6. The first-order valence-corrected chi connectivity index (χ1v) is 9.25. The van der Waals surface area contributed by atoms with Crippen molar-refractivity contribution < 1.29 is 29.7 Å². The molecule has 5 atom stereocenters. The maximum absolute atomic E-state index is 10.2. The molecule has 1 aliphatic heterocycles. The summed E-state index contributed by atoms with van der Waals surface area (Å²) >= 11 is 0. The highest BCUT2D eigenvalue weighted by Crippen LogP contribution is 2.39. The molecule has 0 unspecified atom stereocenters. The molecule has 0 aliphatic carbocycles. The van der Waals surface area contributed by atoms with E-state index in [9.17, 15) is 20.4 Å². The summed E-state index contributed by atoms with van der Waals surface area (Å²) in [5, 5.41) is 41.2. The second-order valence-corrected chi connectivity index (χ2v) is 7.60. The lowest BCUT2D eigenvalue weighted by molar-refractivity contribution is -0.275. The number of aliphatic hydroxyl groups excluding tert-OH is 4. The zero-order chi connectivity index (χ0) is 17.8. The Morgan fingerprint density at radius 1 is 0.800 bits per heavy atom.